The Morgan fingerprint density at radius 1 is 1.43 bits per heavy atom. The van der Waals surface area contributed by atoms with Gasteiger partial charge in [-0.15, -0.1) is 11.3 Å². The molecule has 1 aliphatic rings. The first-order valence-electron chi connectivity index (χ1n) is 7.57. The topological polar surface area (TPSA) is 62.3 Å². The second-order valence-electron chi connectivity index (χ2n) is 5.87. The Morgan fingerprint density at radius 2 is 2.10 bits per heavy atom. The first-order chi connectivity index (χ1) is 9.89. The molecule has 1 aliphatic carbocycles. The lowest BCUT2D eigenvalue weighted by molar-refractivity contribution is 0.372. The summed E-state index contributed by atoms with van der Waals surface area (Å²) in [5.41, 5.74) is 0.456. The SMILES string of the molecule is CCCCN(C)S(=O)(=O)NC1(c2nc(C)cs2)CCCC1. The van der Waals surface area contributed by atoms with Crippen LogP contribution >= 0.6 is 11.3 Å². The van der Waals surface area contributed by atoms with E-state index in [1.54, 1.807) is 18.4 Å². The van der Waals surface area contributed by atoms with Crippen molar-refractivity contribution in [3.63, 3.8) is 0 Å². The quantitative estimate of drug-likeness (QED) is 0.835. The zero-order valence-electron chi connectivity index (χ0n) is 13.1. The van der Waals surface area contributed by atoms with Crippen LogP contribution < -0.4 is 4.72 Å². The molecular formula is C14H25N3O2S2. The highest BCUT2D eigenvalue weighted by Gasteiger charge is 2.42. The molecule has 120 valence electrons. The van der Waals surface area contributed by atoms with Gasteiger partial charge in [0.2, 0.25) is 0 Å². The van der Waals surface area contributed by atoms with Crippen LogP contribution in [-0.4, -0.2) is 31.3 Å². The summed E-state index contributed by atoms with van der Waals surface area (Å²) < 4.78 is 29.5. The van der Waals surface area contributed by atoms with Crippen molar-refractivity contribution in [1.82, 2.24) is 14.0 Å². The van der Waals surface area contributed by atoms with E-state index in [0.717, 1.165) is 49.2 Å². The third-order valence-electron chi connectivity index (χ3n) is 4.05. The second-order valence-corrected chi connectivity index (χ2v) is 8.50. The molecule has 0 aliphatic heterocycles. The standard InChI is InChI=1S/C14H25N3O2S2/c1-4-5-10-17(3)21(18,19)16-14(8-6-7-9-14)13-15-12(2)11-20-13/h11,16H,4-10H2,1-3H3. The van der Waals surface area contributed by atoms with Gasteiger partial charge in [0, 0.05) is 24.7 Å². The molecule has 1 aromatic rings. The van der Waals surface area contributed by atoms with Crippen molar-refractivity contribution in [3.05, 3.63) is 16.1 Å². The Labute approximate surface area is 132 Å². The molecular weight excluding hydrogens is 306 g/mol. The average Bonchev–Trinajstić information content (AvgIpc) is 3.05. The zero-order valence-corrected chi connectivity index (χ0v) is 14.7. The third kappa shape index (κ3) is 3.83. The van der Waals surface area contributed by atoms with Crippen LogP contribution in [0.3, 0.4) is 0 Å². The molecule has 1 fully saturated rings. The van der Waals surface area contributed by atoms with Crippen LogP contribution in [0, 0.1) is 6.92 Å². The summed E-state index contributed by atoms with van der Waals surface area (Å²) in [6, 6.07) is 0. The van der Waals surface area contributed by atoms with E-state index >= 15 is 0 Å². The van der Waals surface area contributed by atoms with E-state index in [1.807, 2.05) is 12.3 Å². The molecule has 0 aromatic carbocycles. The van der Waals surface area contributed by atoms with Crippen molar-refractivity contribution in [2.45, 2.75) is 57.9 Å². The Kier molecular flexibility index (Phi) is 5.40. The molecule has 1 heterocycles. The van der Waals surface area contributed by atoms with E-state index in [0.29, 0.717) is 6.54 Å². The first-order valence-corrected chi connectivity index (χ1v) is 9.89. The number of thiazole rings is 1. The highest BCUT2D eigenvalue weighted by molar-refractivity contribution is 7.87. The molecule has 0 saturated heterocycles. The van der Waals surface area contributed by atoms with E-state index in [9.17, 15) is 8.42 Å². The largest absolute Gasteiger partial charge is 0.280 e. The van der Waals surface area contributed by atoms with Crippen LogP contribution in [0.4, 0.5) is 0 Å². The molecule has 21 heavy (non-hydrogen) atoms. The monoisotopic (exact) mass is 331 g/mol. The van der Waals surface area contributed by atoms with E-state index in [-0.39, 0.29) is 0 Å². The van der Waals surface area contributed by atoms with E-state index in [1.165, 1.54) is 4.31 Å². The Morgan fingerprint density at radius 3 is 2.62 bits per heavy atom. The zero-order chi connectivity index (χ0) is 15.5. The van der Waals surface area contributed by atoms with Crippen molar-refractivity contribution in [3.8, 4) is 0 Å². The Hall–Kier alpha value is -0.500. The number of aromatic nitrogens is 1. The van der Waals surface area contributed by atoms with Gasteiger partial charge in [-0.1, -0.05) is 26.2 Å². The number of aryl methyl sites for hydroxylation is 1. The van der Waals surface area contributed by atoms with Gasteiger partial charge in [-0.2, -0.15) is 17.4 Å². The van der Waals surface area contributed by atoms with Crippen LogP contribution in [0.2, 0.25) is 0 Å². The maximum atomic E-state index is 12.6. The molecule has 1 aromatic heterocycles. The predicted octanol–water partition coefficient (Wildman–Crippen LogP) is 2.79. The molecule has 0 spiro atoms. The minimum absolute atomic E-state index is 0.502. The maximum Gasteiger partial charge on any atom is 0.280 e. The van der Waals surface area contributed by atoms with Gasteiger partial charge in [0.1, 0.15) is 5.01 Å². The van der Waals surface area contributed by atoms with Crippen LogP contribution in [0.5, 0.6) is 0 Å². The molecule has 2 rings (SSSR count). The fourth-order valence-corrected chi connectivity index (χ4v) is 5.13. The van der Waals surface area contributed by atoms with Gasteiger partial charge in [0.25, 0.3) is 10.2 Å². The van der Waals surface area contributed by atoms with Gasteiger partial charge >= 0.3 is 0 Å². The lowest BCUT2D eigenvalue weighted by Gasteiger charge is -2.30. The molecule has 0 bridgehead atoms. The second kappa shape index (κ2) is 6.73. The number of nitrogens with one attached hydrogen (secondary N) is 1. The van der Waals surface area contributed by atoms with E-state index in [4.69, 9.17) is 0 Å². The third-order valence-corrected chi connectivity index (χ3v) is 6.86. The smallest absolute Gasteiger partial charge is 0.245 e. The molecule has 1 saturated carbocycles. The van der Waals surface area contributed by atoms with Crippen molar-refractivity contribution >= 4 is 21.5 Å². The minimum atomic E-state index is -3.46. The average molecular weight is 332 g/mol. The fourth-order valence-electron chi connectivity index (χ4n) is 2.74. The van der Waals surface area contributed by atoms with Crippen molar-refractivity contribution in [2.75, 3.05) is 13.6 Å². The maximum absolute atomic E-state index is 12.6. The summed E-state index contributed by atoms with van der Waals surface area (Å²) in [6.45, 7) is 4.56. The summed E-state index contributed by atoms with van der Waals surface area (Å²) >= 11 is 1.56. The summed E-state index contributed by atoms with van der Waals surface area (Å²) in [6.07, 6.45) is 5.61. The Bertz CT molecular complexity index is 563. The number of hydrogen-bond donors (Lipinski definition) is 1. The van der Waals surface area contributed by atoms with Crippen molar-refractivity contribution in [2.24, 2.45) is 0 Å². The molecule has 0 amide bonds. The molecule has 7 heteroatoms. The molecule has 5 nitrogen and oxygen atoms in total. The van der Waals surface area contributed by atoms with Gasteiger partial charge in [-0.3, -0.25) is 0 Å². The molecule has 0 atom stereocenters. The van der Waals surface area contributed by atoms with Crippen LogP contribution in [0.25, 0.3) is 0 Å². The highest BCUT2D eigenvalue weighted by Crippen LogP contribution is 2.40. The minimum Gasteiger partial charge on any atom is -0.245 e. The van der Waals surface area contributed by atoms with Gasteiger partial charge in [0.05, 0.1) is 5.54 Å². The van der Waals surface area contributed by atoms with Gasteiger partial charge < -0.3 is 0 Å². The summed E-state index contributed by atoms with van der Waals surface area (Å²) in [7, 11) is -1.82. The Balaban J connectivity index is 2.20. The van der Waals surface area contributed by atoms with Gasteiger partial charge in [0.15, 0.2) is 0 Å². The first kappa shape index (κ1) is 16.9. The summed E-state index contributed by atoms with van der Waals surface area (Å²) in [5.74, 6) is 0. The molecule has 0 unspecified atom stereocenters. The fraction of sp³-hybridized carbons (Fsp3) is 0.786. The molecule has 1 N–H and O–H groups in total. The van der Waals surface area contributed by atoms with Crippen molar-refractivity contribution in [1.29, 1.82) is 0 Å². The number of unbranched alkanes of at least 4 members (excludes halogenated alkanes) is 1. The van der Waals surface area contributed by atoms with Gasteiger partial charge in [-0.05, 0) is 26.2 Å². The molecule has 0 radical (unpaired) electrons. The predicted molar refractivity (Wildman–Crippen MR) is 86.6 cm³/mol. The number of rotatable bonds is 7. The number of hydrogen-bond acceptors (Lipinski definition) is 4. The highest BCUT2D eigenvalue weighted by atomic mass is 32.2. The van der Waals surface area contributed by atoms with Crippen molar-refractivity contribution < 1.29 is 8.42 Å². The van der Waals surface area contributed by atoms with Gasteiger partial charge in [-0.25, -0.2) is 4.98 Å². The summed E-state index contributed by atoms with van der Waals surface area (Å²) in [4.78, 5) is 4.54. The van der Waals surface area contributed by atoms with E-state index in [2.05, 4.69) is 16.6 Å². The van der Waals surface area contributed by atoms with Crippen LogP contribution in [-0.2, 0) is 15.7 Å². The lowest BCUT2D eigenvalue weighted by Crippen LogP contribution is -2.49. The van der Waals surface area contributed by atoms with Crippen LogP contribution in [0.15, 0.2) is 5.38 Å². The summed E-state index contributed by atoms with van der Waals surface area (Å²) in [5, 5.41) is 2.90. The number of nitrogens with zero attached hydrogens (tertiary/aromatic N) is 2. The van der Waals surface area contributed by atoms with E-state index < -0.39 is 15.7 Å². The normalized spacial score (nSPS) is 18.5. The lowest BCUT2D eigenvalue weighted by atomic mass is 10.0. The van der Waals surface area contributed by atoms with Crippen LogP contribution in [0.1, 0.15) is 56.2 Å².